The molecule has 0 radical (unpaired) electrons. The van der Waals surface area contributed by atoms with Crippen molar-refractivity contribution >= 4 is 23.0 Å². The van der Waals surface area contributed by atoms with Crippen molar-refractivity contribution in [2.45, 2.75) is 33.2 Å². The summed E-state index contributed by atoms with van der Waals surface area (Å²) in [5, 5.41) is 14.9. The molecule has 9 nitrogen and oxygen atoms in total. The number of carbonyl (C=O) groups excluding carboxylic acids is 1. The van der Waals surface area contributed by atoms with Crippen LogP contribution in [0.15, 0.2) is 53.7 Å². The minimum absolute atomic E-state index is 0.117. The Bertz CT molecular complexity index is 1260. The van der Waals surface area contributed by atoms with Crippen molar-refractivity contribution < 1.29 is 13.9 Å². The quantitative estimate of drug-likeness (QED) is 0.426. The molecule has 1 amide bonds. The second-order valence-corrected chi connectivity index (χ2v) is 9.27. The summed E-state index contributed by atoms with van der Waals surface area (Å²) >= 11 is 0. The van der Waals surface area contributed by atoms with Gasteiger partial charge in [0.25, 0.3) is 5.91 Å². The van der Waals surface area contributed by atoms with Gasteiger partial charge in [-0.1, -0.05) is 13.8 Å². The molecule has 10 heteroatoms. The average Bonchev–Trinajstić information content (AvgIpc) is 3.50. The predicted molar refractivity (Wildman–Crippen MR) is 143 cm³/mol. The number of allylic oxidation sites excluding steroid dienone is 3. The number of halogens is 1. The Labute approximate surface area is 217 Å². The predicted octanol–water partition coefficient (Wildman–Crippen LogP) is 3.10. The maximum atomic E-state index is 14.5. The van der Waals surface area contributed by atoms with Crippen LogP contribution in [0.5, 0.6) is 0 Å². The third-order valence-electron chi connectivity index (χ3n) is 6.88. The number of carbonyl (C=O) groups is 1. The Morgan fingerprint density at radius 3 is 2.84 bits per heavy atom. The molecule has 198 valence electrons. The van der Waals surface area contributed by atoms with Gasteiger partial charge in [-0.2, -0.15) is 0 Å². The van der Waals surface area contributed by atoms with Gasteiger partial charge >= 0.3 is 0 Å². The van der Waals surface area contributed by atoms with Gasteiger partial charge in [-0.15, -0.1) is 0 Å². The lowest BCUT2D eigenvalue weighted by atomic mass is 9.93. The Morgan fingerprint density at radius 1 is 1.32 bits per heavy atom. The molecule has 2 aromatic rings. The molecule has 37 heavy (non-hydrogen) atoms. The third kappa shape index (κ3) is 5.75. The zero-order valence-electron chi connectivity index (χ0n) is 22.0. The standard InChI is InChI=1S/C27H36FN7O2/c1-5-33(6-2)20-9-11-34(17-20)24-8-7-21(25(29)22(24)14-30-10-12-37-4)27(36)32-19-13-23(28)26-31-18(3)15-35(26)16-19/h7-8,13-16,20,29-30H,5-6,9-12,17H2,1-4H3,(H,32,36)/b22-14-,29-25?. The second kappa shape index (κ2) is 11.7. The lowest BCUT2D eigenvalue weighted by Gasteiger charge is -2.30. The van der Waals surface area contributed by atoms with Crippen molar-refractivity contribution in [3.05, 3.63) is 65.2 Å². The summed E-state index contributed by atoms with van der Waals surface area (Å²) in [6, 6.07) is 1.70. The largest absolute Gasteiger partial charge is 0.388 e. The molecule has 3 N–H and O–H groups in total. The number of fused-ring (bicyclic) bond motifs is 1. The fourth-order valence-electron chi connectivity index (χ4n) is 5.00. The van der Waals surface area contributed by atoms with E-state index in [2.05, 4.69) is 39.3 Å². The first-order chi connectivity index (χ1) is 17.9. The number of anilines is 1. The van der Waals surface area contributed by atoms with Crippen molar-refractivity contribution in [2.24, 2.45) is 0 Å². The summed E-state index contributed by atoms with van der Waals surface area (Å²) in [5.74, 6) is -0.999. The Balaban J connectivity index is 1.58. The number of aryl methyl sites for hydroxylation is 1. The molecule has 1 saturated heterocycles. The van der Waals surface area contributed by atoms with Gasteiger partial charge in [-0.3, -0.25) is 15.1 Å². The molecule has 0 saturated carbocycles. The molecule has 0 spiro atoms. The molecule has 0 bridgehead atoms. The molecule has 3 heterocycles. The average molecular weight is 510 g/mol. The number of pyridine rings is 1. The van der Waals surface area contributed by atoms with Crippen LogP contribution in [0.25, 0.3) is 5.65 Å². The summed E-state index contributed by atoms with van der Waals surface area (Å²) in [6.45, 7) is 11.0. The van der Waals surface area contributed by atoms with Gasteiger partial charge in [0.2, 0.25) is 0 Å². The van der Waals surface area contributed by atoms with Crippen LogP contribution in [-0.2, 0) is 9.53 Å². The van der Waals surface area contributed by atoms with Crippen LogP contribution in [0.4, 0.5) is 10.1 Å². The number of methoxy groups -OCH3 is 1. The Kier molecular flexibility index (Phi) is 8.40. The summed E-state index contributed by atoms with van der Waals surface area (Å²) in [7, 11) is 1.64. The minimum Gasteiger partial charge on any atom is -0.388 e. The van der Waals surface area contributed by atoms with E-state index in [0.717, 1.165) is 38.3 Å². The zero-order chi connectivity index (χ0) is 26.5. The number of nitrogens with zero attached hydrogens (tertiary/aromatic N) is 4. The summed E-state index contributed by atoms with van der Waals surface area (Å²) in [4.78, 5) is 22.1. The van der Waals surface area contributed by atoms with E-state index in [1.807, 2.05) is 6.08 Å². The summed E-state index contributed by atoms with van der Waals surface area (Å²) in [6.07, 6.45) is 9.74. The highest BCUT2D eigenvalue weighted by molar-refractivity contribution is 6.31. The van der Waals surface area contributed by atoms with Crippen LogP contribution in [0, 0.1) is 18.2 Å². The number of hydrogen-bond acceptors (Lipinski definition) is 7. The zero-order valence-corrected chi connectivity index (χ0v) is 22.0. The number of likely N-dealkylation sites (N-methyl/N-ethyl adjacent to an activating group) is 1. The van der Waals surface area contributed by atoms with Crippen molar-refractivity contribution in [1.82, 2.24) is 24.5 Å². The van der Waals surface area contributed by atoms with Crippen LogP contribution < -0.4 is 10.6 Å². The number of nitrogens with one attached hydrogen (secondary N) is 3. The lowest BCUT2D eigenvalue weighted by Crippen LogP contribution is -2.38. The van der Waals surface area contributed by atoms with Gasteiger partial charge in [0.15, 0.2) is 11.5 Å². The van der Waals surface area contributed by atoms with Crippen LogP contribution in [0.1, 0.15) is 26.0 Å². The van der Waals surface area contributed by atoms with E-state index in [1.54, 1.807) is 43.1 Å². The fraction of sp³-hybridized carbons (Fsp3) is 0.444. The molecular formula is C27H36FN7O2. The smallest absolute Gasteiger partial charge is 0.257 e. The van der Waals surface area contributed by atoms with Gasteiger partial charge in [-0.25, -0.2) is 9.37 Å². The lowest BCUT2D eigenvalue weighted by molar-refractivity contribution is -0.112. The van der Waals surface area contributed by atoms with Gasteiger partial charge in [-0.05, 0) is 38.6 Å². The molecule has 1 unspecified atom stereocenters. The number of imidazole rings is 1. The van der Waals surface area contributed by atoms with Crippen molar-refractivity contribution in [3.8, 4) is 0 Å². The molecule has 1 atom stereocenters. The van der Waals surface area contributed by atoms with Gasteiger partial charge in [0.1, 0.15) is 0 Å². The maximum absolute atomic E-state index is 14.5. The van der Waals surface area contributed by atoms with Gasteiger partial charge < -0.3 is 24.7 Å². The summed E-state index contributed by atoms with van der Waals surface area (Å²) in [5.41, 5.74) is 3.07. The number of likely N-dealkylation sites (tertiary alicyclic amines) is 1. The van der Waals surface area contributed by atoms with Crippen molar-refractivity contribution in [1.29, 1.82) is 5.41 Å². The van der Waals surface area contributed by atoms with Gasteiger partial charge in [0, 0.05) is 68.7 Å². The number of ether oxygens (including phenoxy) is 1. The minimum atomic E-state index is -0.527. The number of hydrogen-bond donors (Lipinski definition) is 3. The van der Waals surface area contributed by atoms with Crippen LogP contribution >= 0.6 is 0 Å². The number of rotatable bonds is 10. The molecule has 2 aromatic heterocycles. The molecule has 1 aliphatic heterocycles. The number of amides is 1. The number of aromatic nitrogens is 2. The highest BCUT2D eigenvalue weighted by Gasteiger charge is 2.32. The van der Waals surface area contributed by atoms with E-state index >= 15 is 0 Å². The van der Waals surface area contributed by atoms with E-state index in [-0.39, 0.29) is 16.9 Å². The Hall–Kier alpha value is -3.50. The van der Waals surface area contributed by atoms with Crippen LogP contribution in [0.3, 0.4) is 0 Å². The van der Waals surface area contributed by atoms with E-state index in [9.17, 15) is 9.18 Å². The summed E-state index contributed by atoms with van der Waals surface area (Å²) < 4.78 is 21.2. The SMILES string of the molecule is CCN(CC)C1CCN(C2=CC=C(C(=O)Nc3cc(F)c4nc(C)cn4c3)C(=N)/C2=C\NCCOC)C1. The first kappa shape index (κ1) is 26.6. The first-order valence-electron chi connectivity index (χ1n) is 12.8. The monoisotopic (exact) mass is 509 g/mol. The topological polar surface area (TPSA) is 98.0 Å². The first-order valence-corrected chi connectivity index (χ1v) is 12.8. The van der Waals surface area contributed by atoms with Crippen LogP contribution in [0.2, 0.25) is 0 Å². The van der Waals surface area contributed by atoms with E-state index in [0.29, 0.717) is 36.1 Å². The highest BCUT2D eigenvalue weighted by atomic mass is 19.1. The molecule has 2 aliphatic rings. The molecule has 0 aromatic carbocycles. The highest BCUT2D eigenvalue weighted by Crippen LogP contribution is 2.29. The van der Waals surface area contributed by atoms with E-state index in [4.69, 9.17) is 10.1 Å². The Morgan fingerprint density at radius 2 is 2.11 bits per heavy atom. The molecule has 1 aliphatic carbocycles. The van der Waals surface area contributed by atoms with Crippen molar-refractivity contribution in [3.63, 3.8) is 0 Å². The van der Waals surface area contributed by atoms with Gasteiger partial charge in [0.05, 0.1) is 29.3 Å². The normalized spacial score (nSPS) is 19.1. The molecular weight excluding hydrogens is 473 g/mol. The van der Waals surface area contributed by atoms with Crippen LogP contribution in [-0.4, -0.2) is 83.3 Å². The fourth-order valence-corrected chi connectivity index (χ4v) is 5.00. The second-order valence-electron chi connectivity index (χ2n) is 9.27. The van der Waals surface area contributed by atoms with E-state index < -0.39 is 11.7 Å². The van der Waals surface area contributed by atoms with E-state index in [1.165, 1.54) is 6.07 Å². The molecule has 1 fully saturated rings. The van der Waals surface area contributed by atoms with Crippen molar-refractivity contribution in [2.75, 3.05) is 51.8 Å². The molecule has 4 rings (SSSR count). The maximum Gasteiger partial charge on any atom is 0.257 e. The third-order valence-corrected chi connectivity index (χ3v) is 6.88.